The molecule has 1 amide bonds. The van der Waals surface area contributed by atoms with Gasteiger partial charge in [0.25, 0.3) is 5.91 Å². The number of fused-ring (bicyclic) bond motifs is 1. The molecular formula is C18H25N5O3. The van der Waals surface area contributed by atoms with E-state index in [4.69, 9.17) is 16.2 Å². The van der Waals surface area contributed by atoms with Crippen molar-refractivity contribution in [2.24, 2.45) is 5.73 Å². The number of nitrogens with one attached hydrogen (secondary N) is 1. The molecule has 0 aliphatic carbocycles. The van der Waals surface area contributed by atoms with Gasteiger partial charge in [0.1, 0.15) is 11.5 Å². The first kappa shape index (κ1) is 18.2. The van der Waals surface area contributed by atoms with Gasteiger partial charge in [0.05, 0.1) is 18.9 Å². The normalized spacial score (nSPS) is 17.2. The summed E-state index contributed by atoms with van der Waals surface area (Å²) in [6, 6.07) is 5.37. The van der Waals surface area contributed by atoms with E-state index in [0.29, 0.717) is 60.0 Å². The minimum atomic E-state index is -1.56. The number of nitrogens with two attached hydrogens (primary N) is 2. The van der Waals surface area contributed by atoms with Gasteiger partial charge in [0.15, 0.2) is 0 Å². The summed E-state index contributed by atoms with van der Waals surface area (Å²) in [5, 5.41) is 10.8. The molecule has 1 aromatic carbocycles. The van der Waals surface area contributed by atoms with Crippen molar-refractivity contribution in [3.05, 3.63) is 36.0 Å². The number of aromatic amines is 1. The average molecular weight is 359 g/mol. The molecule has 1 saturated heterocycles. The number of hydrogen-bond acceptors (Lipinski definition) is 6. The third-order valence-corrected chi connectivity index (χ3v) is 4.65. The second-order valence-corrected chi connectivity index (χ2v) is 6.70. The molecule has 1 aromatic heterocycles. The molecule has 8 heteroatoms. The second kappa shape index (κ2) is 6.64. The van der Waals surface area contributed by atoms with Gasteiger partial charge in [0, 0.05) is 42.3 Å². The summed E-state index contributed by atoms with van der Waals surface area (Å²) in [6.07, 6.45) is 0. The van der Waals surface area contributed by atoms with Crippen LogP contribution in [0.2, 0.25) is 0 Å². The summed E-state index contributed by atoms with van der Waals surface area (Å²) < 4.78 is 5.31. The molecule has 1 aliphatic heterocycles. The highest BCUT2D eigenvalue weighted by Crippen LogP contribution is 2.33. The molecule has 8 nitrogen and oxygen atoms in total. The number of carbonyl (C=O) groups excluding carboxylic acids is 1. The summed E-state index contributed by atoms with van der Waals surface area (Å²) >= 11 is 0. The Hall–Kier alpha value is -2.55. The van der Waals surface area contributed by atoms with Crippen molar-refractivity contribution in [1.82, 2.24) is 9.88 Å². The summed E-state index contributed by atoms with van der Waals surface area (Å²) in [4.78, 5) is 19.2. The van der Waals surface area contributed by atoms with Gasteiger partial charge in [-0.3, -0.25) is 10.5 Å². The van der Waals surface area contributed by atoms with E-state index < -0.39 is 5.72 Å². The molecule has 1 aliphatic rings. The van der Waals surface area contributed by atoms with Crippen LogP contribution in [-0.2, 0) is 15.3 Å². The number of H-pyrrole nitrogens is 1. The van der Waals surface area contributed by atoms with Crippen molar-refractivity contribution < 1.29 is 14.6 Å². The zero-order valence-electron chi connectivity index (χ0n) is 15.1. The third kappa shape index (κ3) is 3.26. The largest absolute Gasteiger partial charge is 0.385 e. The Kier molecular flexibility index (Phi) is 4.66. The van der Waals surface area contributed by atoms with Crippen molar-refractivity contribution in [2.45, 2.75) is 12.6 Å². The van der Waals surface area contributed by atoms with Crippen LogP contribution in [0.3, 0.4) is 0 Å². The Bertz CT molecular complexity index is 846. The van der Waals surface area contributed by atoms with E-state index in [-0.39, 0.29) is 5.91 Å². The Morgan fingerprint density at radius 3 is 2.69 bits per heavy atom. The number of aliphatic hydroxyl groups is 1. The van der Waals surface area contributed by atoms with Gasteiger partial charge in [-0.05, 0) is 19.1 Å². The number of hydrogen-bond donors (Lipinski definition) is 4. The van der Waals surface area contributed by atoms with Gasteiger partial charge in [-0.15, -0.1) is 0 Å². The number of nitrogen functional groups attached to an aromatic ring is 1. The van der Waals surface area contributed by atoms with Crippen LogP contribution < -0.4 is 16.4 Å². The van der Waals surface area contributed by atoms with Crippen LogP contribution in [0.15, 0.2) is 30.5 Å². The van der Waals surface area contributed by atoms with Crippen LogP contribution in [-0.4, -0.2) is 54.2 Å². The van der Waals surface area contributed by atoms with E-state index in [9.17, 15) is 9.90 Å². The summed E-state index contributed by atoms with van der Waals surface area (Å²) in [5.74, 6) is 0.119. The minimum absolute atomic E-state index is 0.183. The van der Waals surface area contributed by atoms with Crippen LogP contribution in [0.1, 0.15) is 12.5 Å². The van der Waals surface area contributed by atoms with Crippen LogP contribution in [0.5, 0.6) is 0 Å². The predicted octanol–water partition coefficient (Wildman–Crippen LogP) is 0.682. The van der Waals surface area contributed by atoms with Crippen molar-refractivity contribution in [3.8, 4) is 0 Å². The quantitative estimate of drug-likeness (QED) is 0.471. The number of likely N-dealkylation sites (N-methyl/N-ethyl adjacent to an activating group) is 1. The number of nitrogens with zero attached hydrogens (tertiary/aromatic N) is 2. The Labute approximate surface area is 152 Å². The van der Waals surface area contributed by atoms with Crippen LogP contribution in [0, 0.1) is 0 Å². The van der Waals surface area contributed by atoms with Crippen molar-refractivity contribution in [3.63, 3.8) is 0 Å². The first-order valence-corrected chi connectivity index (χ1v) is 8.42. The molecule has 2 heterocycles. The number of ether oxygens (including phenoxy) is 1. The molecule has 1 fully saturated rings. The number of morpholine rings is 1. The summed E-state index contributed by atoms with van der Waals surface area (Å²) in [7, 11) is 1.70. The lowest BCUT2D eigenvalue weighted by atomic mass is 10.0. The van der Waals surface area contributed by atoms with Gasteiger partial charge in [0.2, 0.25) is 0 Å². The van der Waals surface area contributed by atoms with E-state index in [2.05, 4.69) is 11.6 Å². The molecule has 1 atom stereocenters. The summed E-state index contributed by atoms with van der Waals surface area (Å²) in [5.41, 5.74) is 12.5. The van der Waals surface area contributed by atoms with Gasteiger partial charge >= 0.3 is 0 Å². The number of carbonyl (C=O) groups is 1. The Morgan fingerprint density at radius 2 is 2.08 bits per heavy atom. The van der Waals surface area contributed by atoms with Crippen LogP contribution >= 0.6 is 0 Å². The van der Waals surface area contributed by atoms with E-state index in [1.165, 1.54) is 11.8 Å². The predicted molar refractivity (Wildman–Crippen MR) is 101 cm³/mol. The zero-order valence-corrected chi connectivity index (χ0v) is 15.1. The molecule has 1 unspecified atom stereocenters. The fraction of sp³-hybridized carbons (Fsp3) is 0.389. The fourth-order valence-corrected chi connectivity index (χ4v) is 3.24. The highest BCUT2D eigenvalue weighted by Gasteiger charge is 2.26. The van der Waals surface area contributed by atoms with Gasteiger partial charge in [-0.2, -0.15) is 0 Å². The molecular weight excluding hydrogens is 334 g/mol. The number of rotatable bonds is 4. The Balaban J connectivity index is 1.88. The minimum Gasteiger partial charge on any atom is -0.385 e. The smallest absolute Gasteiger partial charge is 0.273 e. The van der Waals surface area contributed by atoms with Crippen LogP contribution in [0.25, 0.3) is 10.9 Å². The molecule has 0 spiro atoms. The molecule has 140 valence electrons. The van der Waals surface area contributed by atoms with Gasteiger partial charge in [-0.25, -0.2) is 0 Å². The highest BCUT2D eigenvalue weighted by atomic mass is 16.5. The average Bonchev–Trinajstić information content (AvgIpc) is 2.95. The van der Waals surface area contributed by atoms with E-state index in [1.54, 1.807) is 25.2 Å². The molecule has 6 N–H and O–H groups in total. The van der Waals surface area contributed by atoms with E-state index in [1.807, 2.05) is 4.90 Å². The fourth-order valence-electron chi connectivity index (χ4n) is 3.24. The number of amides is 1. The maximum absolute atomic E-state index is 12.8. The first-order valence-electron chi connectivity index (χ1n) is 8.42. The monoisotopic (exact) mass is 359 g/mol. The summed E-state index contributed by atoms with van der Waals surface area (Å²) in [6.45, 7) is 7.90. The lowest BCUT2D eigenvalue weighted by Gasteiger charge is -2.31. The van der Waals surface area contributed by atoms with Crippen molar-refractivity contribution in [2.75, 3.05) is 44.0 Å². The number of aromatic nitrogens is 1. The standard InChI is InChI=1S/C18H25N5O3/c1-11(23-6-8-26-9-7-23)17(24)22(3)12-4-5-13-14(10-12)21-16(19)15(13)18(2,20)25/h4-5,10,21,25H,1,6-9,19-20H2,2-3H3. The maximum Gasteiger partial charge on any atom is 0.273 e. The van der Waals surface area contributed by atoms with Crippen molar-refractivity contribution >= 4 is 28.3 Å². The lowest BCUT2D eigenvalue weighted by molar-refractivity contribution is -0.116. The molecule has 0 bridgehead atoms. The number of anilines is 2. The lowest BCUT2D eigenvalue weighted by Crippen LogP contribution is -2.41. The molecule has 26 heavy (non-hydrogen) atoms. The Morgan fingerprint density at radius 1 is 1.42 bits per heavy atom. The SMILES string of the molecule is C=C(C(=O)N(C)c1ccc2c(C(C)(N)O)c(N)[nH]c2c1)N1CCOCC1. The highest BCUT2D eigenvalue weighted by molar-refractivity contribution is 6.05. The zero-order chi connectivity index (χ0) is 19.1. The topological polar surface area (TPSA) is 121 Å². The third-order valence-electron chi connectivity index (χ3n) is 4.65. The van der Waals surface area contributed by atoms with E-state index >= 15 is 0 Å². The number of benzene rings is 1. The molecule has 0 radical (unpaired) electrons. The first-order chi connectivity index (χ1) is 12.2. The van der Waals surface area contributed by atoms with E-state index in [0.717, 1.165) is 0 Å². The molecule has 0 saturated carbocycles. The second-order valence-electron chi connectivity index (χ2n) is 6.70. The molecule has 2 aromatic rings. The maximum atomic E-state index is 12.8. The van der Waals surface area contributed by atoms with Crippen molar-refractivity contribution in [1.29, 1.82) is 0 Å². The van der Waals surface area contributed by atoms with Crippen LogP contribution in [0.4, 0.5) is 11.5 Å². The van der Waals surface area contributed by atoms with Gasteiger partial charge in [-0.1, -0.05) is 12.6 Å². The van der Waals surface area contributed by atoms with Gasteiger partial charge < -0.3 is 30.4 Å². The molecule has 3 rings (SSSR count).